The Labute approximate surface area is 332 Å². The van der Waals surface area contributed by atoms with Gasteiger partial charge < -0.3 is 35.2 Å². The van der Waals surface area contributed by atoms with Crippen molar-refractivity contribution in [1.29, 1.82) is 0 Å². The van der Waals surface area contributed by atoms with E-state index in [1.165, 1.54) is 0 Å². The van der Waals surface area contributed by atoms with Gasteiger partial charge in [0.15, 0.2) is 0 Å². The molecule has 57 heavy (non-hydrogen) atoms. The van der Waals surface area contributed by atoms with Crippen molar-refractivity contribution in [2.24, 2.45) is 7.05 Å². The third-order valence-electron chi connectivity index (χ3n) is 12.6. The van der Waals surface area contributed by atoms with Crippen LogP contribution in [0.25, 0.3) is 11.1 Å². The maximum Gasteiger partial charge on any atom is 0.317 e. The standard InChI is InChI=1S/C43H53F2N7O5/c1-46-43(56)49-15-12-28-17-30(27-13-16-51(40(54)20-27)36-10-11-39(53)52(42(36)55)23-26-6-8-32(57-3)9-7-26)19-38(35(28)25-49)50-14-4-5-29-18-33(31-22-47-48(2)24-31)34(41(44)45)21-37(29)50/h6-9,17-19,21-22,24,27,36,39-42,53-55H,4-5,10-16,20,23,25H2,1-3H3,(H,46,56). The van der Waals surface area contributed by atoms with Gasteiger partial charge in [-0.25, -0.2) is 18.5 Å². The second kappa shape index (κ2) is 16.3. The Morgan fingerprint density at radius 1 is 0.965 bits per heavy atom. The fraction of sp³-hybridized carbons (Fsp3) is 0.488. The molecule has 4 N–H and O–H groups in total. The third-order valence-corrected chi connectivity index (χ3v) is 12.6. The molecule has 4 aliphatic rings. The van der Waals surface area contributed by atoms with E-state index in [0.717, 1.165) is 64.2 Å². The molecule has 1 aromatic heterocycles. The Kier molecular flexibility index (Phi) is 11.2. The molecular weight excluding hydrogens is 733 g/mol. The van der Waals surface area contributed by atoms with Gasteiger partial charge >= 0.3 is 6.03 Å². The number of nitrogens with zero attached hydrogens (tertiary/aromatic N) is 6. The number of anilines is 2. The number of carbonyl (C=O) groups is 1. The predicted octanol–water partition coefficient (Wildman–Crippen LogP) is 5.61. The fourth-order valence-electron chi connectivity index (χ4n) is 9.53. The van der Waals surface area contributed by atoms with Crippen LogP contribution in [0.5, 0.6) is 5.75 Å². The summed E-state index contributed by atoms with van der Waals surface area (Å²) in [4.78, 5) is 20.5. The highest BCUT2D eigenvalue weighted by atomic mass is 19.3. The van der Waals surface area contributed by atoms with E-state index in [-0.39, 0.29) is 23.6 Å². The van der Waals surface area contributed by atoms with Crippen LogP contribution in [0.15, 0.2) is 60.9 Å². The number of aliphatic hydroxyl groups is 3. The molecule has 2 amide bonds. The number of urea groups is 1. The maximum absolute atomic E-state index is 14.8. The number of methoxy groups -OCH3 is 1. The average molecular weight is 786 g/mol. The van der Waals surface area contributed by atoms with Crippen molar-refractivity contribution in [3.8, 4) is 16.9 Å². The third kappa shape index (κ3) is 7.73. The Morgan fingerprint density at radius 2 is 1.77 bits per heavy atom. The zero-order valence-electron chi connectivity index (χ0n) is 32.8. The number of carbonyl (C=O) groups excluding carboxylic acids is 1. The summed E-state index contributed by atoms with van der Waals surface area (Å²) < 4.78 is 36.5. The molecule has 3 aromatic carbocycles. The Balaban J connectivity index is 1.08. The lowest BCUT2D eigenvalue weighted by Gasteiger charge is -2.49. The van der Waals surface area contributed by atoms with Gasteiger partial charge in [-0.1, -0.05) is 18.2 Å². The number of rotatable bonds is 8. The number of nitrogens with one attached hydrogen (secondary N) is 1. The zero-order chi connectivity index (χ0) is 40.0. The minimum atomic E-state index is -2.69. The molecule has 14 heteroatoms. The average Bonchev–Trinajstić information content (AvgIpc) is 3.67. The number of aromatic nitrogens is 2. The van der Waals surface area contributed by atoms with Gasteiger partial charge in [0.05, 0.1) is 19.3 Å². The molecule has 0 aliphatic carbocycles. The fourth-order valence-corrected chi connectivity index (χ4v) is 9.53. The molecule has 0 saturated carbocycles. The van der Waals surface area contributed by atoms with Gasteiger partial charge in [-0.05, 0) is 115 Å². The summed E-state index contributed by atoms with van der Waals surface area (Å²) in [5.74, 6) is 0.740. The van der Waals surface area contributed by atoms with Crippen LogP contribution in [0.2, 0.25) is 0 Å². The Bertz CT molecular complexity index is 2080. The van der Waals surface area contributed by atoms with Gasteiger partial charge in [-0.2, -0.15) is 5.10 Å². The minimum Gasteiger partial charge on any atom is -0.497 e. The summed E-state index contributed by atoms with van der Waals surface area (Å²) in [6.45, 7) is 2.49. The van der Waals surface area contributed by atoms with Gasteiger partial charge in [-0.3, -0.25) is 9.58 Å². The van der Waals surface area contributed by atoms with Crippen LogP contribution in [-0.2, 0) is 33.0 Å². The summed E-state index contributed by atoms with van der Waals surface area (Å²) >= 11 is 0. The van der Waals surface area contributed by atoms with Crippen LogP contribution in [-0.4, -0.2) is 104 Å². The smallest absolute Gasteiger partial charge is 0.317 e. The number of amides is 2. The summed E-state index contributed by atoms with van der Waals surface area (Å²) in [5, 5.41) is 41.3. The highest BCUT2D eigenvalue weighted by molar-refractivity contribution is 5.79. The first kappa shape index (κ1) is 39.2. The van der Waals surface area contributed by atoms with Gasteiger partial charge in [0.1, 0.15) is 24.4 Å². The molecular formula is C43H53F2N7O5. The van der Waals surface area contributed by atoms with Gasteiger partial charge in [0, 0.05) is 75.5 Å². The highest BCUT2D eigenvalue weighted by Crippen LogP contribution is 2.45. The molecule has 0 spiro atoms. The number of benzene rings is 3. The lowest BCUT2D eigenvalue weighted by Crippen LogP contribution is -2.61. The summed E-state index contributed by atoms with van der Waals surface area (Å²) in [5.41, 5.74) is 7.90. The van der Waals surface area contributed by atoms with Crippen molar-refractivity contribution < 1.29 is 33.6 Å². The first-order chi connectivity index (χ1) is 27.5. The maximum atomic E-state index is 14.8. The zero-order valence-corrected chi connectivity index (χ0v) is 32.8. The first-order valence-corrected chi connectivity index (χ1v) is 20.1. The Hall–Kier alpha value is -4.60. The summed E-state index contributed by atoms with van der Waals surface area (Å²) in [6, 6.07) is 15.0. The van der Waals surface area contributed by atoms with Crippen molar-refractivity contribution in [2.45, 2.75) is 95.1 Å². The topological polar surface area (TPSA) is 130 Å². The van der Waals surface area contributed by atoms with Gasteiger partial charge in [0.2, 0.25) is 0 Å². The number of halogens is 2. The normalized spacial score (nSPS) is 24.3. The molecule has 4 aliphatic heterocycles. The molecule has 0 bridgehead atoms. The van der Waals surface area contributed by atoms with Crippen LogP contribution in [0.1, 0.15) is 77.8 Å². The number of hydrogen-bond acceptors (Lipinski definition) is 9. The summed E-state index contributed by atoms with van der Waals surface area (Å²) in [6.07, 6.45) is 2.54. The number of likely N-dealkylation sites (tertiary alicyclic amines) is 2. The second-order valence-corrected chi connectivity index (χ2v) is 15.9. The van der Waals surface area contributed by atoms with Crippen molar-refractivity contribution >= 4 is 17.4 Å². The van der Waals surface area contributed by atoms with Crippen molar-refractivity contribution in [1.82, 2.24) is 29.8 Å². The molecule has 12 nitrogen and oxygen atoms in total. The van der Waals surface area contributed by atoms with Crippen molar-refractivity contribution in [3.63, 3.8) is 0 Å². The van der Waals surface area contributed by atoms with Crippen LogP contribution in [0.3, 0.4) is 0 Å². The highest BCUT2D eigenvalue weighted by Gasteiger charge is 2.43. The van der Waals surface area contributed by atoms with Crippen LogP contribution in [0.4, 0.5) is 25.0 Å². The van der Waals surface area contributed by atoms with Gasteiger partial charge in [-0.15, -0.1) is 0 Å². The van der Waals surface area contributed by atoms with Gasteiger partial charge in [0.25, 0.3) is 6.43 Å². The Morgan fingerprint density at radius 3 is 2.47 bits per heavy atom. The number of piperidine rings is 2. The van der Waals surface area contributed by atoms with Crippen molar-refractivity contribution in [3.05, 3.63) is 94.3 Å². The molecule has 2 saturated heterocycles. The van der Waals surface area contributed by atoms with E-state index in [1.54, 1.807) is 54.1 Å². The van der Waals surface area contributed by atoms with Crippen LogP contribution >= 0.6 is 0 Å². The minimum absolute atomic E-state index is 0.00726. The predicted molar refractivity (Wildman–Crippen MR) is 212 cm³/mol. The van der Waals surface area contributed by atoms with Crippen LogP contribution in [0, 0.1) is 0 Å². The monoisotopic (exact) mass is 785 g/mol. The molecule has 2 fully saturated rings. The number of hydrogen-bond donors (Lipinski definition) is 4. The van der Waals surface area contributed by atoms with E-state index in [9.17, 15) is 28.9 Å². The quantitative estimate of drug-likeness (QED) is 0.180. The molecule has 5 atom stereocenters. The molecule has 5 heterocycles. The summed E-state index contributed by atoms with van der Waals surface area (Å²) in [7, 11) is 5.01. The second-order valence-electron chi connectivity index (χ2n) is 15.9. The van der Waals surface area contributed by atoms with E-state index in [0.29, 0.717) is 69.5 Å². The lowest BCUT2D eigenvalue weighted by atomic mass is 9.83. The number of ether oxygens (including phenoxy) is 1. The number of fused-ring (bicyclic) bond motifs is 2. The van der Waals surface area contributed by atoms with E-state index in [2.05, 4.69) is 27.4 Å². The SMILES string of the molecule is CNC(=O)N1CCc2cc(C3CCN(C4CCC(O)N(Cc5ccc(OC)cc5)C4O)C(O)C3)cc(N3CCCc4cc(-c5cnn(C)c5)c(C(F)F)cc43)c2C1. The van der Waals surface area contributed by atoms with E-state index in [4.69, 9.17) is 4.74 Å². The molecule has 5 unspecified atom stereocenters. The molecule has 304 valence electrons. The lowest BCUT2D eigenvalue weighted by molar-refractivity contribution is -0.193. The van der Waals surface area contributed by atoms with Crippen LogP contribution < -0.4 is 15.0 Å². The molecule has 0 radical (unpaired) electrons. The number of aliphatic hydroxyl groups excluding tert-OH is 3. The largest absolute Gasteiger partial charge is 0.497 e. The van der Waals surface area contributed by atoms with E-state index >= 15 is 0 Å². The van der Waals surface area contributed by atoms with Crippen molar-refractivity contribution in [2.75, 3.05) is 38.7 Å². The van der Waals surface area contributed by atoms with E-state index < -0.39 is 25.1 Å². The molecule has 8 rings (SSSR count). The first-order valence-electron chi connectivity index (χ1n) is 20.1. The molecule has 4 aromatic rings. The van der Waals surface area contributed by atoms with E-state index in [1.807, 2.05) is 35.2 Å². The number of alkyl halides is 2. The number of aryl methyl sites for hydroxylation is 2.